The van der Waals surface area contributed by atoms with Crippen molar-refractivity contribution >= 4 is 22.0 Å². The van der Waals surface area contributed by atoms with Crippen molar-refractivity contribution in [3.63, 3.8) is 0 Å². The summed E-state index contributed by atoms with van der Waals surface area (Å²) in [7, 11) is 0. The van der Waals surface area contributed by atoms with Crippen LogP contribution in [0.1, 0.15) is 25.1 Å². The predicted molar refractivity (Wildman–Crippen MR) is 98.1 cm³/mol. The van der Waals surface area contributed by atoms with E-state index in [1.807, 2.05) is 24.4 Å². The maximum atomic E-state index is 12.1. The molecule has 0 radical (unpaired) electrons. The van der Waals surface area contributed by atoms with Crippen LogP contribution in [0.2, 0.25) is 0 Å². The summed E-state index contributed by atoms with van der Waals surface area (Å²) in [6, 6.07) is 5.56. The van der Waals surface area contributed by atoms with Gasteiger partial charge in [0.15, 0.2) is 4.96 Å². The quantitative estimate of drug-likeness (QED) is 0.760. The first-order valence-electron chi connectivity index (χ1n) is 8.30. The highest BCUT2D eigenvalue weighted by Crippen LogP contribution is 2.38. The van der Waals surface area contributed by atoms with Crippen molar-refractivity contribution in [1.82, 2.24) is 9.38 Å². The minimum atomic E-state index is -0.0702. The Hall–Kier alpha value is -2.54. The zero-order valence-electron chi connectivity index (χ0n) is 14.1. The summed E-state index contributed by atoms with van der Waals surface area (Å²) < 4.78 is 13.1. The Morgan fingerprint density at radius 1 is 1.44 bits per heavy atom. The summed E-state index contributed by atoms with van der Waals surface area (Å²) in [5.41, 5.74) is 2.64. The van der Waals surface area contributed by atoms with E-state index in [4.69, 9.17) is 9.47 Å². The molecule has 0 spiro atoms. The van der Waals surface area contributed by atoms with Gasteiger partial charge in [-0.2, -0.15) is 0 Å². The van der Waals surface area contributed by atoms with E-state index in [0.717, 1.165) is 29.2 Å². The van der Waals surface area contributed by atoms with Crippen molar-refractivity contribution < 1.29 is 9.47 Å². The average Bonchev–Trinajstić information content (AvgIpc) is 3.18. The van der Waals surface area contributed by atoms with Crippen LogP contribution in [0.4, 0.5) is 5.69 Å². The zero-order chi connectivity index (χ0) is 17.4. The number of nitrogens with zero attached hydrogens (tertiary/aromatic N) is 2. The minimum absolute atomic E-state index is 0.0702. The molecule has 1 aliphatic heterocycles. The second kappa shape index (κ2) is 6.40. The lowest BCUT2D eigenvalue weighted by Gasteiger charge is -2.14. The molecule has 3 heterocycles. The molecule has 0 amide bonds. The highest BCUT2D eigenvalue weighted by atomic mass is 32.1. The van der Waals surface area contributed by atoms with Gasteiger partial charge in [-0.15, -0.1) is 11.3 Å². The largest absolute Gasteiger partial charge is 0.492 e. The number of hydrogen-bond donors (Lipinski definition) is 1. The molecule has 1 atom stereocenters. The SMILES string of the molecule is CCOc1cc2c(cc1NCc1cc(=O)n3ccsc3n1)O[C@H](C)C2. The molecule has 0 unspecified atom stereocenters. The molecule has 2 aromatic heterocycles. The second-order valence-corrected chi connectivity index (χ2v) is 6.89. The Balaban J connectivity index is 1.61. The first kappa shape index (κ1) is 16.0. The molecule has 0 bridgehead atoms. The Morgan fingerprint density at radius 2 is 2.32 bits per heavy atom. The summed E-state index contributed by atoms with van der Waals surface area (Å²) >= 11 is 1.44. The molecule has 4 rings (SSSR count). The van der Waals surface area contributed by atoms with Crippen molar-refractivity contribution in [3.05, 3.63) is 51.4 Å². The highest BCUT2D eigenvalue weighted by molar-refractivity contribution is 7.15. The zero-order valence-corrected chi connectivity index (χ0v) is 14.9. The van der Waals surface area contributed by atoms with E-state index in [1.54, 1.807) is 16.7 Å². The van der Waals surface area contributed by atoms with E-state index in [1.165, 1.54) is 11.3 Å². The Labute approximate surface area is 149 Å². The van der Waals surface area contributed by atoms with Gasteiger partial charge in [-0.3, -0.25) is 9.20 Å². The molecule has 1 aromatic carbocycles. The maximum absolute atomic E-state index is 12.1. The fourth-order valence-electron chi connectivity index (χ4n) is 3.02. The third kappa shape index (κ3) is 3.07. The van der Waals surface area contributed by atoms with Crippen LogP contribution in [0.3, 0.4) is 0 Å². The molecule has 0 saturated carbocycles. The van der Waals surface area contributed by atoms with E-state index >= 15 is 0 Å². The van der Waals surface area contributed by atoms with Gasteiger partial charge in [0.1, 0.15) is 17.6 Å². The van der Waals surface area contributed by atoms with Crippen LogP contribution in [0, 0.1) is 0 Å². The van der Waals surface area contributed by atoms with E-state index < -0.39 is 0 Å². The fourth-order valence-corrected chi connectivity index (χ4v) is 3.76. The van der Waals surface area contributed by atoms with Crippen LogP contribution >= 0.6 is 11.3 Å². The average molecular weight is 357 g/mol. The van der Waals surface area contributed by atoms with Crippen LogP contribution in [0.5, 0.6) is 11.5 Å². The van der Waals surface area contributed by atoms with Gasteiger partial charge in [-0.1, -0.05) is 0 Å². The van der Waals surface area contributed by atoms with Gasteiger partial charge in [0.05, 0.1) is 24.5 Å². The predicted octanol–water partition coefficient (Wildman–Crippen LogP) is 3.09. The van der Waals surface area contributed by atoms with Crippen molar-refractivity contribution in [2.45, 2.75) is 32.9 Å². The molecule has 6 nitrogen and oxygen atoms in total. The van der Waals surface area contributed by atoms with E-state index in [0.29, 0.717) is 23.8 Å². The Morgan fingerprint density at radius 3 is 3.16 bits per heavy atom. The van der Waals surface area contributed by atoms with E-state index in [-0.39, 0.29) is 11.7 Å². The molecule has 7 heteroatoms. The van der Waals surface area contributed by atoms with Gasteiger partial charge in [0, 0.05) is 35.7 Å². The Kier molecular flexibility index (Phi) is 4.09. The molecular weight excluding hydrogens is 338 g/mol. The maximum Gasteiger partial charge on any atom is 0.258 e. The van der Waals surface area contributed by atoms with Gasteiger partial charge < -0.3 is 14.8 Å². The van der Waals surface area contributed by atoms with Crippen molar-refractivity contribution in [1.29, 1.82) is 0 Å². The Bertz CT molecular complexity index is 979. The second-order valence-electron chi connectivity index (χ2n) is 6.02. The van der Waals surface area contributed by atoms with Gasteiger partial charge in [-0.05, 0) is 19.9 Å². The number of rotatable bonds is 5. The van der Waals surface area contributed by atoms with Gasteiger partial charge in [0.2, 0.25) is 0 Å². The monoisotopic (exact) mass is 357 g/mol. The van der Waals surface area contributed by atoms with Crippen LogP contribution in [0.15, 0.2) is 34.6 Å². The van der Waals surface area contributed by atoms with Crippen LogP contribution in [-0.4, -0.2) is 22.1 Å². The molecule has 130 valence electrons. The van der Waals surface area contributed by atoms with Crippen molar-refractivity contribution in [2.75, 3.05) is 11.9 Å². The molecule has 0 fully saturated rings. The van der Waals surface area contributed by atoms with Crippen LogP contribution in [0.25, 0.3) is 4.96 Å². The number of nitrogens with one attached hydrogen (secondary N) is 1. The van der Waals surface area contributed by atoms with Gasteiger partial charge >= 0.3 is 0 Å². The minimum Gasteiger partial charge on any atom is -0.492 e. The number of aromatic nitrogens is 2. The van der Waals surface area contributed by atoms with Gasteiger partial charge in [0.25, 0.3) is 5.56 Å². The summed E-state index contributed by atoms with van der Waals surface area (Å²) in [6.45, 7) is 5.05. The summed E-state index contributed by atoms with van der Waals surface area (Å²) in [6.07, 6.45) is 2.81. The van der Waals surface area contributed by atoms with Crippen LogP contribution in [-0.2, 0) is 13.0 Å². The number of hydrogen-bond acceptors (Lipinski definition) is 6. The van der Waals surface area contributed by atoms with Crippen molar-refractivity contribution in [2.24, 2.45) is 0 Å². The van der Waals surface area contributed by atoms with E-state index in [9.17, 15) is 4.79 Å². The lowest BCUT2D eigenvalue weighted by Crippen LogP contribution is -2.15. The number of fused-ring (bicyclic) bond motifs is 2. The molecule has 1 N–H and O–H groups in total. The third-order valence-corrected chi connectivity index (χ3v) is 4.87. The number of anilines is 1. The summed E-state index contributed by atoms with van der Waals surface area (Å²) in [5, 5.41) is 5.19. The smallest absolute Gasteiger partial charge is 0.258 e. The number of ether oxygens (including phenoxy) is 2. The standard InChI is InChI=1S/C18H19N3O3S/c1-3-23-16-7-12-6-11(2)24-15(12)9-14(16)19-10-13-8-17(22)21-4-5-25-18(21)20-13/h4-5,7-9,11,19H,3,6,10H2,1-2H3/t11-/m1/s1. The summed E-state index contributed by atoms with van der Waals surface area (Å²) in [5.74, 6) is 1.69. The van der Waals surface area contributed by atoms with E-state index in [2.05, 4.69) is 17.2 Å². The normalized spacial score (nSPS) is 15.8. The third-order valence-electron chi connectivity index (χ3n) is 4.11. The summed E-state index contributed by atoms with van der Waals surface area (Å²) in [4.78, 5) is 17.3. The van der Waals surface area contributed by atoms with Crippen LogP contribution < -0.4 is 20.3 Å². The molecule has 0 saturated heterocycles. The lowest BCUT2D eigenvalue weighted by atomic mass is 10.1. The fraction of sp³-hybridized carbons (Fsp3) is 0.333. The lowest BCUT2D eigenvalue weighted by molar-refractivity contribution is 0.254. The first-order chi connectivity index (χ1) is 12.1. The van der Waals surface area contributed by atoms with Crippen molar-refractivity contribution in [3.8, 4) is 11.5 Å². The molecule has 25 heavy (non-hydrogen) atoms. The molecular formula is C18H19N3O3S. The first-order valence-corrected chi connectivity index (χ1v) is 9.18. The molecule has 0 aliphatic carbocycles. The number of thiazole rings is 1. The molecule has 3 aromatic rings. The molecule has 1 aliphatic rings. The topological polar surface area (TPSA) is 64.9 Å². The van der Waals surface area contributed by atoms with Gasteiger partial charge in [-0.25, -0.2) is 4.98 Å². The highest BCUT2D eigenvalue weighted by Gasteiger charge is 2.22. The number of benzene rings is 1.